The molecule has 3 nitrogen and oxygen atoms in total. The summed E-state index contributed by atoms with van der Waals surface area (Å²) < 4.78 is 0.818. The number of nitrogens with two attached hydrogens (primary N) is 1. The lowest BCUT2D eigenvalue weighted by atomic mass is 9.92. The minimum absolute atomic E-state index is 0. The van der Waals surface area contributed by atoms with E-state index in [-0.39, 0.29) is 30.4 Å². The van der Waals surface area contributed by atoms with Crippen molar-refractivity contribution in [2.45, 2.75) is 37.8 Å². The van der Waals surface area contributed by atoms with Gasteiger partial charge in [-0.3, -0.25) is 4.79 Å². The third kappa shape index (κ3) is 4.06. The standard InChI is InChI=1S/C15H15Cl3N2OS.ClH/c16-7-5-10(17)12-11(6-7)22-14(13(12)18)15(21)20-9-3-1-8(19)2-4-9;/h5-6,8-9H,1-4,19H2,(H,20,21);1H. The number of benzene rings is 1. The van der Waals surface area contributed by atoms with E-state index >= 15 is 0 Å². The number of thiophene rings is 1. The van der Waals surface area contributed by atoms with Crippen molar-refractivity contribution in [3.8, 4) is 0 Å². The first kappa shape index (κ1) is 19.1. The Balaban J connectivity index is 0.00000192. The van der Waals surface area contributed by atoms with Crippen molar-refractivity contribution in [3.05, 3.63) is 32.1 Å². The molecule has 0 radical (unpaired) electrons. The summed E-state index contributed by atoms with van der Waals surface area (Å²) in [5.74, 6) is -0.154. The van der Waals surface area contributed by atoms with Gasteiger partial charge in [0.1, 0.15) is 4.88 Å². The van der Waals surface area contributed by atoms with Crippen LogP contribution in [0.3, 0.4) is 0 Å². The number of fused-ring (bicyclic) bond motifs is 1. The molecule has 1 saturated carbocycles. The Bertz CT molecular complexity index is 726. The zero-order chi connectivity index (χ0) is 15.9. The quantitative estimate of drug-likeness (QED) is 0.703. The maximum Gasteiger partial charge on any atom is 0.263 e. The molecule has 1 aliphatic carbocycles. The molecular weight excluding hydrogens is 398 g/mol. The molecule has 1 aromatic carbocycles. The van der Waals surface area contributed by atoms with Gasteiger partial charge in [-0.25, -0.2) is 0 Å². The minimum Gasteiger partial charge on any atom is -0.349 e. The zero-order valence-electron chi connectivity index (χ0n) is 12.1. The molecule has 3 N–H and O–H groups in total. The predicted octanol–water partition coefficient (Wildman–Crippen LogP) is 5.28. The highest BCUT2D eigenvalue weighted by Gasteiger charge is 2.24. The maximum absolute atomic E-state index is 12.5. The first-order valence-electron chi connectivity index (χ1n) is 7.09. The number of rotatable bonds is 2. The average molecular weight is 414 g/mol. The van der Waals surface area contributed by atoms with Crippen molar-refractivity contribution in [1.29, 1.82) is 0 Å². The van der Waals surface area contributed by atoms with Gasteiger partial charge in [0.25, 0.3) is 5.91 Å². The summed E-state index contributed by atoms with van der Waals surface area (Å²) in [6.45, 7) is 0. The molecule has 1 amide bonds. The maximum atomic E-state index is 12.5. The molecule has 1 heterocycles. The van der Waals surface area contributed by atoms with Gasteiger partial charge in [0.2, 0.25) is 0 Å². The van der Waals surface area contributed by atoms with Crippen LogP contribution in [-0.4, -0.2) is 18.0 Å². The molecule has 0 unspecified atom stereocenters. The number of hydrogen-bond acceptors (Lipinski definition) is 3. The van der Waals surface area contributed by atoms with Crippen LogP contribution in [0.15, 0.2) is 12.1 Å². The Morgan fingerprint density at radius 1 is 1.17 bits per heavy atom. The molecule has 8 heteroatoms. The molecule has 0 bridgehead atoms. The van der Waals surface area contributed by atoms with Crippen molar-refractivity contribution in [2.75, 3.05) is 0 Å². The summed E-state index contributed by atoms with van der Waals surface area (Å²) in [6.07, 6.45) is 3.68. The van der Waals surface area contributed by atoms with Crippen LogP contribution < -0.4 is 11.1 Å². The van der Waals surface area contributed by atoms with E-state index in [1.165, 1.54) is 11.3 Å². The van der Waals surface area contributed by atoms with Gasteiger partial charge in [0.15, 0.2) is 0 Å². The van der Waals surface area contributed by atoms with E-state index in [1.54, 1.807) is 12.1 Å². The highest BCUT2D eigenvalue weighted by molar-refractivity contribution is 7.21. The zero-order valence-corrected chi connectivity index (χ0v) is 16.0. The van der Waals surface area contributed by atoms with Gasteiger partial charge in [-0.1, -0.05) is 34.8 Å². The SMILES string of the molecule is Cl.NC1CCC(NC(=O)c2sc3cc(Cl)cc(Cl)c3c2Cl)CC1. The van der Waals surface area contributed by atoms with E-state index in [2.05, 4.69) is 5.32 Å². The van der Waals surface area contributed by atoms with Gasteiger partial charge in [-0.05, 0) is 37.8 Å². The first-order valence-corrected chi connectivity index (χ1v) is 9.04. The molecule has 0 aliphatic heterocycles. The van der Waals surface area contributed by atoms with Crippen LogP contribution in [0, 0.1) is 0 Å². The number of carbonyl (C=O) groups is 1. The van der Waals surface area contributed by atoms with Crippen LogP contribution in [-0.2, 0) is 0 Å². The van der Waals surface area contributed by atoms with Crippen molar-refractivity contribution < 1.29 is 4.79 Å². The fourth-order valence-corrected chi connectivity index (χ4v) is 5.05. The number of hydrogen-bond donors (Lipinski definition) is 2. The Labute approximate surface area is 159 Å². The molecule has 0 atom stereocenters. The van der Waals surface area contributed by atoms with E-state index in [0.717, 1.165) is 30.4 Å². The van der Waals surface area contributed by atoms with Gasteiger partial charge in [-0.2, -0.15) is 0 Å². The molecule has 2 aromatic rings. The molecule has 1 aromatic heterocycles. The fraction of sp³-hybridized carbons (Fsp3) is 0.400. The Kier molecular flexibility index (Phi) is 6.45. The van der Waals surface area contributed by atoms with Gasteiger partial charge in [0.05, 0.1) is 10.0 Å². The average Bonchev–Trinajstić information content (AvgIpc) is 2.78. The van der Waals surface area contributed by atoms with E-state index in [0.29, 0.717) is 25.3 Å². The third-order valence-corrected chi connectivity index (χ3v) is 6.10. The molecule has 1 aliphatic rings. The Hall–Kier alpha value is -0.230. The van der Waals surface area contributed by atoms with Crippen LogP contribution in [0.1, 0.15) is 35.4 Å². The monoisotopic (exact) mass is 412 g/mol. The Morgan fingerprint density at radius 2 is 1.83 bits per heavy atom. The molecule has 23 heavy (non-hydrogen) atoms. The second kappa shape index (κ2) is 7.77. The smallest absolute Gasteiger partial charge is 0.263 e. The number of halogens is 4. The lowest BCUT2D eigenvalue weighted by molar-refractivity contribution is 0.0930. The lowest BCUT2D eigenvalue weighted by Crippen LogP contribution is -2.40. The summed E-state index contributed by atoms with van der Waals surface area (Å²) in [5.41, 5.74) is 5.89. The molecule has 3 rings (SSSR count). The van der Waals surface area contributed by atoms with Gasteiger partial charge >= 0.3 is 0 Å². The highest BCUT2D eigenvalue weighted by Crippen LogP contribution is 2.41. The molecular formula is C15H16Cl4N2OS. The number of nitrogens with one attached hydrogen (secondary N) is 1. The summed E-state index contributed by atoms with van der Waals surface area (Å²) in [5, 5.41) is 5.13. The predicted molar refractivity (Wildman–Crippen MR) is 102 cm³/mol. The minimum atomic E-state index is -0.154. The summed E-state index contributed by atoms with van der Waals surface area (Å²) in [4.78, 5) is 13.0. The van der Waals surface area contributed by atoms with Crippen LogP contribution in [0.5, 0.6) is 0 Å². The second-order valence-electron chi connectivity index (χ2n) is 5.59. The van der Waals surface area contributed by atoms with E-state index in [9.17, 15) is 4.79 Å². The van der Waals surface area contributed by atoms with E-state index in [1.807, 2.05) is 0 Å². The first-order chi connectivity index (χ1) is 10.5. The summed E-state index contributed by atoms with van der Waals surface area (Å²) >= 11 is 19.9. The number of amides is 1. The van der Waals surface area contributed by atoms with E-state index < -0.39 is 0 Å². The summed E-state index contributed by atoms with van der Waals surface area (Å²) in [7, 11) is 0. The molecule has 1 fully saturated rings. The lowest BCUT2D eigenvalue weighted by Gasteiger charge is -2.26. The van der Waals surface area contributed by atoms with Crippen LogP contribution in [0.25, 0.3) is 10.1 Å². The highest BCUT2D eigenvalue weighted by atomic mass is 35.5. The van der Waals surface area contributed by atoms with Gasteiger partial charge < -0.3 is 11.1 Å². The molecule has 0 saturated heterocycles. The van der Waals surface area contributed by atoms with Crippen LogP contribution in [0.4, 0.5) is 0 Å². The number of carbonyl (C=O) groups excluding carboxylic acids is 1. The fourth-order valence-electron chi connectivity index (χ4n) is 2.77. The Morgan fingerprint density at radius 3 is 2.48 bits per heavy atom. The van der Waals surface area contributed by atoms with Crippen LogP contribution in [0.2, 0.25) is 15.1 Å². The van der Waals surface area contributed by atoms with Gasteiger partial charge in [0, 0.05) is 27.2 Å². The third-order valence-electron chi connectivity index (χ3n) is 3.96. The largest absolute Gasteiger partial charge is 0.349 e. The second-order valence-corrected chi connectivity index (χ2v) is 7.86. The van der Waals surface area contributed by atoms with Gasteiger partial charge in [-0.15, -0.1) is 23.7 Å². The van der Waals surface area contributed by atoms with Crippen molar-refractivity contribution in [2.24, 2.45) is 5.73 Å². The van der Waals surface area contributed by atoms with Crippen molar-refractivity contribution in [1.82, 2.24) is 5.32 Å². The van der Waals surface area contributed by atoms with Crippen molar-refractivity contribution in [3.63, 3.8) is 0 Å². The normalized spacial score (nSPS) is 21.0. The molecule has 0 spiro atoms. The van der Waals surface area contributed by atoms with E-state index in [4.69, 9.17) is 40.5 Å². The van der Waals surface area contributed by atoms with Crippen molar-refractivity contribution >= 4 is 74.5 Å². The topological polar surface area (TPSA) is 55.1 Å². The summed E-state index contributed by atoms with van der Waals surface area (Å²) in [6, 6.07) is 3.82. The molecule has 126 valence electrons. The van der Waals surface area contributed by atoms with Crippen LogP contribution >= 0.6 is 58.5 Å².